The van der Waals surface area contributed by atoms with Crippen molar-refractivity contribution in [1.82, 2.24) is 19.9 Å². The van der Waals surface area contributed by atoms with E-state index in [4.69, 9.17) is 10.7 Å². The van der Waals surface area contributed by atoms with Gasteiger partial charge in [0.15, 0.2) is 0 Å². The van der Waals surface area contributed by atoms with Crippen molar-refractivity contribution in [2.24, 2.45) is 16.6 Å². The highest BCUT2D eigenvalue weighted by atomic mass is 32.2. The van der Waals surface area contributed by atoms with E-state index < -0.39 is 10.0 Å². The summed E-state index contributed by atoms with van der Waals surface area (Å²) in [6, 6.07) is 17.7. The van der Waals surface area contributed by atoms with Gasteiger partial charge in [0, 0.05) is 41.9 Å². The first-order valence-electron chi connectivity index (χ1n) is 15.0. The van der Waals surface area contributed by atoms with Crippen LogP contribution in [0.15, 0.2) is 76.9 Å². The number of H-pyrrole nitrogens is 1. The second-order valence-corrected chi connectivity index (χ2v) is 13.4. The number of hydrogen-bond donors (Lipinski definition) is 4. The van der Waals surface area contributed by atoms with E-state index in [1.54, 1.807) is 16.4 Å². The van der Waals surface area contributed by atoms with Crippen molar-refractivity contribution in [2.75, 3.05) is 37.6 Å². The molecular formula is C32H41N7O2S. The molecule has 10 heteroatoms. The van der Waals surface area contributed by atoms with Crippen molar-refractivity contribution < 1.29 is 8.42 Å². The Kier molecular flexibility index (Phi) is 8.60. The molecule has 1 saturated heterocycles. The molecule has 0 bridgehead atoms. The lowest BCUT2D eigenvalue weighted by Crippen LogP contribution is -2.46. The molecule has 3 heterocycles. The zero-order valence-corrected chi connectivity index (χ0v) is 24.9. The lowest BCUT2D eigenvalue weighted by atomic mass is 10.1. The van der Waals surface area contributed by atoms with Crippen LogP contribution < -0.4 is 32.0 Å². The summed E-state index contributed by atoms with van der Waals surface area (Å²) < 4.78 is 29.3. The molecule has 6 rings (SSSR count). The zero-order valence-electron chi connectivity index (χ0n) is 24.1. The highest BCUT2D eigenvalue weighted by Crippen LogP contribution is 2.34. The van der Waals surface area contributed by atoms with E-state index >= 15 is 0 Å². The number of nitrogens with zero attached hydrogens (tertiary/aromatic N) is 3. The number of benzene rings is 2. The summed E-state index contributed by atoms with van der Waals surface area (Å²) in [4.78, 5) is 10.5. The Morgan fingerprint density at radius 3 is 2.48 bits per heavy atom. The zero-order chi connectivity index (χ0) is 29.1. The van der Waals surface area contributed by atoms with E-state index in [2.05, 4.69) is 46.5 Å². The normalized spacial score (nSPS) is 17.7. The quantitative estimate of drug-likeness (QED) is 0.242. The minimum atomic E-state index is -3.57. The number of sulfonamides is 1. The van der Waals surface area contributed by atoms with Crippen molar-refractivity contribution in [3.8, 4) is 11.3 Å². The van der Waals surface area contributed by atoms with Crippen LogP contribution in [0.5, 0.6) is 0 Å². The van der Waals surface area contributed by atoms with Crippen LogP contribution in [0.1, 0.15) is 37.7 Å². The van der Waals surface area contributed by atoms with Gasteiger partial charge in [0.05, 0.1) is 4.90 Å². The molecule has 1 aromatic heterocycles. The standard InChI is InChI=1S/C32H41N7O2S/c1-23-36-32-27(22-38(23)28-9-5-24(6-10-28)20-35-16-2-15-33)19-31(37-32)26-7-11-30(12-8-26)42(40,41)39(21-25-3-4-25)29-13-17-34-18-14-29/h5-12,19,22,25,29,34-35H,1-4,13-18,20-21,33H2,(H,36,37). The number of rotatable bonds is 12. The first-order chi connectivity index (χ1) is 20.4. The van der Waals surface area contributed by atoms with Crippen molar-refractivity contribution in [1.29, 1.82) is 0 Å². The molecule has 0 spiro atoms. The van der Waals surface area contributed by atoms with E-state index in [9.17, 15) is 8.42 Å². The van der Waals surface area contributed by atoms with Crippen molar-refractivity contribution >= 4 is 21.9 Å². The number of anilines is 1. The number of fused-ring (bicyclic) bond motifs is 1. The molecule has 5 N–H and O–H groups in total. The molecule has 1 aliphatic carbocycles. The Balaban J connectivity index is 1.19. The molecule has 222 valence electrons. The minimum absolute atomic E-state index is 0.0639. The van der Waals surface area contributed by atoms with E-state index in [1.165, 1.54) is 5.56 Å². The molecule has 2 fully saturated rings. The van der Waals surface area contributed by atoms with Crippen molar-refractivity contribution in [2.45, 2.75) is 49.6 Å². The average Bonchev–Trinajstić information content (AvgIpc) is 3.75. The highest BCUT2D eigenvalue weighted by molar-refractivity contribution is 7.89. The van der Waals surface area contributed by atoms with Gasteiger partial charge < -0.3 is 26.3 Å². The van der Waals surface area contributed by atoms with Gasteiger partial charge in [0.1, 0.15) is 11.3 Å². The molecule has 3 aliphatic rings. The van der Waals surface area contributed by atoms with Crippen LogP contribution >= 0.6 is 0 Å². The van der Waals surface area contributed by atoms with Crippen LogP contribution in [0, 0.1) is 5.92 Å². The molecule has 3 aromatic rings. The third kappa shape index (κ3) is 6.38. The Morgan fingerprint density at radius 1 is 1.05 bits per heavy atom. The molecular weight excluding hydrogens is 546 g/mol. The van der Waals surface area contributed by atoms with Crippen LogP contribution in [0.2, 0.25) is 0 Å². The van der Waals surface area contributed by atoms with E-state index in [0.717, 1.165) is 85.9 Å². The molecule has 0 amide bonds. The fourth-order valence-corrected chi connectivity index (χ4v) is 7.46. The second kappa shape index (κ2) is 12.5. The number of hydrogen-bond acceptors (Lipinski definition) is 7. The van der Waals surface area contributed by atoms with E-state index in [-0.39, 0.29) is 6.04 Å². The van der Waals surface area contributed by atoms with Gasteiger partial charge in [0.25, 0.3) is 0 Å². The molecule has 0 radical (unpaired) electrons. The molecule has 0 atom stereocenters. The van der Waals surface area contributed by atoms with Gasteiger partial charge in [-0.3, -0.25) is 0 Å². The number of piperidine rings is 1. The number of aromatic nitrogens is 1. The molecule has 1 saturated carbocycles. The predicted octanol–water partition coefficient (Wildman–Crippen LogP) is 2.62. The van der Waals surface area contributed by atoms with Crippen molar-refractivity contribution in [3.63, 3.8) is 0 Å². The third-order valence-corrected chi connectivity index (χ3v) is 10.3. The van der Waals surface area contributed by atoms with Gasteiger partial charge in [-0.05, 0) is 106 Å². The highest BCUT2D eigenvalue weighted by Gasteiger charge is 2.36. The molecule has 2 aromatic carbocycles. The van der Waals surface area contributed by atoms with Gasteiger partial charge in [-0.2, -0.15) is 4.31 Å². The summed E-state index contributed by atoms with van der Waals surface area (Å²) in [5.41, 5.74) is 10.3. The second-order valence-electron chi connectivity index (χ2n) is 11.5. The largest absolute Gasteiger partial charge is 0.339 e. The number of nitrogens with one attached hydrogen (secondary N) is 3. The lowest BCUT2D eigenvalue weighted by molar-refractivity contribution is 0.255. The maximum atomic E-state index is 13.8. The third-order valence-electron chi connectivity index (χ3n) is 8.34. The Hall–Kier alpha value is -3.28. The van der Waals surface area contributed by atoms with E-state index in [0.29, 0.717) is 29.7 Å². The van der Waals surface area contributed by atoms with Crippen LogP contribution in [0.25, 0.3) is 17.5 Å². The van der Waals surface area contributed by atoms with Crippen LogP contribution in [-0.2, 0) is 16.6 Å². The minimum Gasteiger partial charge on any atom is -0.339 e. The summed E-state index contributed by atoms with van der Waals surface area (Å²) in [6.45, 7) is 8.93. The van der Waals surface area contributed by atoms with Gasteiger partial charge in [0.2, 0.25) is 10.0 Å². The van der Waals surface area contributed by atoms with Gasteiger partial charge in [-0.1, -0.05) is 30.8 Å². The fourth-order valence-electron chi connectivity index (χ4n) is 5.70. The number of nitrogens with two attached hydrogens (primary N) is 1. The first-order valence-corrected chi connectivity index (χ1v) is 16.5. The van der Waals surface area contributed by atoms with E-state index in [1.807, 2.05) is 29.3 Å². The fraction of sp³-hybridized carbons (Fsp3) is 0.406. The van der Waals surface area contributed by atoms with Crippen LogP contribution in [0.4, 0.5) is 5.69 Å². The maximum Gasteiger partial charge on any atom is 0.243 e. The summed E-state index contributed by atoms with van der Waals surface area (Å²) in [7, 11) is -3.57. The summed E-state index contributed by atoms with van der Waals surface area (Å²) >= 11 is 0. The Labute approximate surface area is 248 Å². The molecule has 2 aliphatic heterocycles. The summed E-state index contributed by atoms with van der Waals surface area (Å²) in [5.74, 6) is 1.12. The first kappa shape index (κ1) is 28.8. The lowest BCUT2D eigenvalue weighted by Gasteiger charge is -2.34. The van der Waals surface area contributed by atoms with Gasteiger partial charge in [-0.15, -0.1) is 0 Å². The van der Waals surface area contributed by atoms with Crippen LogP contribution in [-0.4, -0.2) is 56.5 Å². The van der Waals surface area contributed by atoms with Crippen molar-refractivity contribution in [3.05, 3.63) is 83.3 Å². The summed E-state index contributed by atoms with van der Waals surface area (Å²) in [6.07, 6.45) is 6.96. The maximum absolute atomic E-state index is 13.8. The Morgan fingerprint density at radius 2 is 1.79 bits per heavy atom. The predicted molar refractivity (Wildman–Crippen MR) is 167 cm³/mol. The molecule has 9 nitrogen and oxygen atoms in total. The van der Waals surface area contributed by atoms with Gasteiger partial charge >= 0.3 is 0 Å². The topological polar surface area (TPSA) is 119 Å². The monoisotopic (exact) mass is 587 g/mol. The number of aromatic amines is 1. The molecule has 42 heavy (non-hydrogen) atoms. The average molecular weight is 588 g/mol. The molecule has 0 unspecified atom stereocenters. The van der Waals surface area contributed by atoms with Crippen LogP contribution in [0.3, 0.4) is 0 Å². The SMILES string of the molecule is C=C1N=c2[nH]c(-c3ccc(S(=O)(=O)N(CC4CC4)C4CCNCC4)cc3)cc2=CN1c1ccc(CNCCCN)cc1. The summed E-state index contributed by atoms with van der Waals surface area (Å²) in [5, 5.41) is 7.70. The smallest absolute Gasteiger partial charge is 0.243 e. The van der Waals surface area contributed by atoms with Gasteiger partial charge in [-0.25, -0.2) is 13.4 Å². The Bertz CT molecular complexity index is 1620.